The van der Waals surface area contributed by atoms with Crippen LogP contribution in [0.4, 0.5) is 13.2 Å². The Kier molecular flexibility index (Phi) is 7.88. The molecule has 1 unspecified atom stereocenters. The van der Waals surface area contributed by atoms with Gasteiger partial charge in [-0.15, -0.1) is 0 Å². The second-order valence-corrected chi connectivity index (χ2v) is 6.16. The van der Waals surface area contributed by atoms with Gasteiger partial charge in [-0.3, -0.25) is 4.79 Å². The molecule has 0 aromatic heterocycles. The van der Waals surface area contributed by atoms with Gasteiger partial charge in [0, 0.05) is 24.1 Å². The number of halogens is 3. The van der Waals surface area contributed by atoms with Crippen LogP contribution < -0.4 is 11.1 Å². The number of nitrogens with two attached hydrogens (primary N) is 1. The fourth-order valence-corrected chi connectivity index (χ4v) is 2.78. The van der Waals surface area contributed by atoms with Crippen LogP contribution >= 0.6 is 0 Å². The molecule has 25 heavy (non-hydrogen) atoms. The number of rotatable bonds is 8. The molecule has 0 fully saturated rings. The standard InChI is InChI=1S/C16H25F3N2O4/c1-3-10(4-2)25-13-6-9(15(23)24)5-12(20)11(13)8-21-14(22)7-16(17,18)19/h6,10-13H,3-5,7-8,20H2,1-2H3,(H,21,22)(H,23,24)/t11?,12-,13+/m0/s1. The lowest BCUT2D eigenvalue weighted by Gasteiger charge is -2.36. The van der Waals surface area contributed by atoms with Crippen molar-refractivity contribution in [1.82, 2.24) is 5.32 Å². The Morgan fingerprint density at radius 3 is 2.48 bits per heavy atom. The molecule has 0 saturated heterocycles. The van der Waals surface area contributed by atoms with Crippen molar-refractivity contribution in [2.75, 3.05) is 6.54 Å². The summed E-state index contributed by atoms with van der Waals surface area (Å²) in [6, 6.07) is -0.637. The highest BCUT2D eigenvalue weighted by Crippen LogP contribution is 2.27. The lowest BCUT2D eigenvalue weighted by atomic mass is 9.82. The van der Waals surface area contributed by atoms with Gasteiger partial charge in [0.1, 0.15) is 6.42 Å². The Morgan fingerprint density at radius 2 is 2.00 bits per heavy atom. The molecule has 9 heteroatoms. The van der Waals surface area contributed by atoms with Crippen LogP contribution in [-0.2, 0) is 14.3 Å². The van der Waals surface area contributed by atoms with Crippen molar-refractivity contribution in [2.45, 2.75) is 64.0 Å². The topological polar surface area (TPSA) is 102 Å². The normalized spacial score (nSPS) is 24.1. The van der Waals surface area contributed by atoms with E-state index < -0.39 is 42.5 Å². The van der Waals surface area contributed by atoms with Gasteiger partial charge in [0.2, 0.25) is 5.91 Å². The predicted octanol–water partition coefficient (Wildman–Crippen LogP) is 1.99. The molecule has 0 spiro atoms. The van der Waals surface area contributed by atoms with Gasteiger partial charge < -0.3 is 20.9 Å². The minimum absolute atomic E-state index is 0.0674. The van der Waals surface area contributed by atoms with E-state index in [-0.39, 0.29) is 24.6 Å². The number of amides is 1. The van der Waals surface area contributed by atoms with Crippen LogP contribution in [0.15, 0.2) is 11.6 Å². The first-order valence-corrected chi connectivity index (χ1v) is 8.25. The van der Waals surface area contributed by atoms with Crippen LogP contribution in [0, 0.1) is 5.92 Å². The quantitative estimate of drug-likeness (QED) is 0.610. The summed E-state index contributed by atoms with van der Waals surface area (Å²) < 4.78 is 42.6. The first-order chi connectivity index (χ1) is 11.6. The number of carbonyl (C=O) groups is 2. The zero-order valence-electron chi connectivity index (χ0n) is 14.3. The number of carboxylic acids is 1. The van der Waals surface area contributed by atoms with Gasteiger partial charge >= 0.3 is 12.1 Å². The average molecular weight is 366 g/mol. The van der Waals surface area contributed by atoms with E-state index in [9.17, 15) is 27.9 Å². The van der Waals surface area contributed by atoms with Crippen LogP contribution in [0.5, 0.6) is 0 Å². The largest absolute Gasteiger partial charge is 0.478 e. The van der Waals surface area contributed by atoms with E-state index in [1.807, 2.05) is 13.8 Å². The maximum Gasteiger partial charge on any atom is 0.397 e. The summed E-state index contributed by atoms with van der Waals surface area (Å²) in [5.41, 5.74) is 6.12. The van der Waals surface area contributed by atoms with Gasteiger partial charge in [0.25, 0.3) is 0 Å². The molecule has 3 atom stereocenters. The van der Waals surface area contributed by atoms with E-state index >= 15 is 0 Å². The summed E-state index contributed by atoms with van der Waals surface area (Å²) in [6.07, 6.45) is -4.04. The molecule has 1 amide bonds. The summed E-state index contributed by atoms with van der Waals surface area (Å²) in [5, 5.41) is 11.4. The van der Waals surface area contributed by atoms with Crippen LogP contribution in [0.2, 0.25) is 0 Å². The second-order valence-electron chi connectivity index (χ2n) is 6.16. The van der Waals surface area contributed by atoms with Crippen molar-refractivity contribution in [3.63, 3.8) is 0 Å². The number of ether oxygens (including phenoxy) is 1. The number of hydrogen-bond donors (Lipinski definition) is 3. The monoisotopic (exact) mass is 366 g/mol. The second kappa shape index (κ2) is 9.19. The van der Waals surface area contributed by atoms with Gasteiger partial charge in [0.15, 0.2) is 0 Å². The third-order valence-corrected chi connectivity index (χ3v) is 4.22. The molecule has 1 aliphatic carbocycles. The van der Waals surface area contributed by atoms with Crippen molar-refractivity contribution in [1.29, 1.82) is 0 Å². The SMILES string of the molecule is CCC(CC)O[C@@H]1C=C(C(=O)O)C[C@H](N)C1CNC(=O)CC(F)(F)F. The van der Waals surface area contributed by atoms with Crippen molar-refractivity contribution in [3.05, 3.63) is 11.6 Å². The molecule has 0 heterocycles. The third-order valence-electron chi connectivity index (χ3n) is 4.22. The first-order valence-electron chi connectivity index (χ1n) is 8.25. The molecule has 1 rings (SSSR count). The summed E-state index contributed by atoms with van der Waals surface area (Å²) >= 11 is 0. The molecule has 0 aliphatic heterocycles. The molecular formula is C16H25F3N2O4. The zero-order chi connectivity index (χ0) is 19.2. The number of carbonyl (C=O) groups excluding carboxylic acids is 1. The maximum absolute atomic E-state index is 12.2. The third kappa shape index (κ3) is 7.03. The summed E-state index contributed by atoms with van der Waals surface area (Å²) in [5.74, 6) is -2.75. The molecule has 1 aliphatic rings. The van der Waals surface area contributed by atoms with Crippen LogP contribution in [0.25, 0.3) is 0 Å². The smallest absolute Gasteiger partial charge is 0.397 e. The molecule has 0 aromatic carbocycles. The molecule has 0 aromatic rings. The molecule has 0 saturated carbocycles. The average Bonchev–Trinajstić information content (AvgIpc) is 2.49. The van der Waals surface area contributed by atoms with Gasteiger partial charge in [0.05, 0.1) is 12.2 Å². The number of hydrogen-bond acceptors (Lipinski definition) is 4. The van der Waals surface area contributed by atoms with E-state index in [0.717, 1.165) is 0 Å². The molecule has 0 radical (unpaired) electrons. The summed E-state index contributed by atoms with van der Waals surface area (Å²) in [4.78, 5) is 22.6. The fraction of sp³-hybridized carbons (Fsp3) is 0.750. The Balaban J connectivity index is 2.85. The predicted molar refractivity (Wildman–Crippen MR) is 84.7 cm³/mol. The van der Waals surface area contributed by atoms with Gasteiger partial charge in [-0.05, 0) is 25.3 Å². The van der Waals surface area contributed by atoms with E-state index in [1.54, 1.807) is 0 Å². The summed E-state index contributed by atoms with van der Waals surface area (Å²) in [6.45, 7) is 3.72. The molecule has 0 bridgehead atoms. The van der Waals surface area contributed by atoms with Gasteiger partial charge in [-0.25, -0.2) is 4.79 Å². The van der Waals surface area contributed by atoms with Crippen molar-refractivity contribution < 1.29 is 32.6 Å². The minimum Gasteiger partial charge on any atom is -0.478 e. The molecule has 144 valence electrons. The van der Waals surface area contributed by atoms with E-state index in [2.05, 4.69) is 5.32 Å². The molecular weight excluding hydrogens is 341 g/mol. The molecule has 4 N–H and O–H groups in total. The first kappa shape index (κ1) is 21.4. The Bertz CT molecular complexity index is 504. The highest BCUT2D eigenvalue weighted by Gasteiger charge is 2.36. The number of alkyl halides is 3. The van der Waals surface area contributed by atoms with E-state index in [1.165, 1.54) is 6.08 Å². The highest BCUT2D eigenvalue weighted by molar-refractivity contribution is 5.87. The van der Waals surface area contributed by atoms with Gasteiger partial charge in [-0.2, -0.15) is 13.2 Å². The lowest BCUT2D eigenvalue weighted by molar-refractivity contribution is -0.154. The summed E-state index contributed by atoms with van der Waals surface area (Å²) in [7, 11) is 0. The fourth-order valence-electron chi connectivity index (χ4n) is 2.78. The van der Waals surface area contributed by atoms with Crippen molar-refractivity contribution in [2.24, 2.45) is 11.7 Å². The van der Waals surface area contributed by atoms with Crippen LogP contribution in [0.3, 0.4) is 0 Å². The van der Waals surface area contributed by atoms with Crippen LogP contribution in [0.1, 0.15) is 39.5 Å². The maximum atomic E-state index is 12.2. The minimum atomic E-state index is -4.58. The number of nitrogens with one attached hydrogen (secondary N) is 1. The van der Waals surface area contributed by atoms with E-state index in [4.69, 9.17) is 10.5 Å². The molecule has 6 nitrogen and oxygen atoms in total. The number of carboxylic acid groups (broad SMARTS) is 1. The van der Waals surface area contributed by atoms with E-state index in [0.29, 0.717) is 12.8 Å². The number of aliphatic carboxylic acids is 1. The highest BCUT2D eigenvalue weighted by atomic mass is 19.4. The van der Waals surface area contributed by atoms with Gasteiger partial charge in [-0.1, -0.05) is 13.8 Å². The Morgan fingerprint density at radius 1 is 1.40 bits per heavy atom. The lowest BCUT2D eigenvalue weighted by Crippen LogP contribution is -2.49. The van der Waals surface area contributed by atoms with Crippen LogP contribution in [-0.4, -0.2) is 48.0 Å². The van der Waals surface area contributed by atoms with Crippen molar-refractivity contribution in [3.8, 4) is 0 Å². The zero-order valence-corrected chi connectivity index (χ0v) is 14.3. The van der Waals surface area contributed by atoms with Crippen molar-refractivity contribution >= 4 is 11.9 Å². The Labute approximate surface area is 144 Å². The Hall–Kier alpha value is -1.61.